The van der Waals surface area contributed by atoms with Gasteiger partial charge in [-0.15, -0.1) is 5.10 Å². The number of carbonyl (C=O) groups is 1. The molecule has 0 saturated carbocycles. The number of hydrogen-bond acceptors (Lipinski definition) is 8. The zero-order valence-electron chi connectivity index (χ0n) is 16.4. The van der Waals surface area contributed by atoms with Crippen molar-refractivity contribution in [2.45, 2.75) is 6.92 Å². The van der Waals surface area contributed by atoms with Crippen LogP contribution in [-0.2, 0) is 0 Å². The number of rotatable bonds is 5. The molecular weight excluding hydrogens is 370 g/mol. The first-order valence-corrected chi connectivity index (χ1v) is 9.45. The maximum atomic E-state index is 12.4. The van der Waals surface area contributed by atoms with E-state index in [1.807, 2.05) is 43.3 Å². The first kappa shape index (κ1) is 18.9. The van der Waals surface area contributed by atoms with E-state index in [0.717, 1.165) is 43.2 Å². The molecule has 2 aromatic heterocycles. The third-order valence-electron chi connectivity index (χ3n) is 4.72. The fourth-order valence-corrected chi connectivity index (χ4v) is 3.08. The van der Waals surface area contributed by atoms with Gasteiger partial charge in [-0.05, 0) is 43.8 Å². The Morgan fingerprint density at radius 2 is 1.90 bits per heavy atom. The molecule has 1 aromatic carbocycles. The van der Waals surface area contributed by atoms with Crippen LogP contribution in [0.2, 0.25) is 0 Å². The van der Waals surface area contributed by atoms with E-state index in [4.69, 9.17) is 4.42 Å². The van der Waals surface area contributed by atoms with Crippen LogP contribution >= 0.6 is 0 Å². The second kappa shape index (κ2) is 8.27. The molecule has 0 bridgehead atoms. The standard InChI is InChI=1S/C20H23N7O2/c1-14-4-3-5-15(12-14)23-20-25-24-19(29-20)18(28)22-16-6-7-17(21-13-16)27-10-8-26(2)9-11-27/h3-7,12-13H,8-11H2,1-2H3,(H,22,28)(H,23,25). The van der Waals surface area contributed by atoms with Gasteiger partial charge < -0.3 is 24.9 Å². The number of aromatic nitrogens is 3. The topological polar surface area (TPSA) is 99.4 Å². The van der Waals surface area contributed by atoms with E-state index in [-0.39, 0.29) is 11.9 Å². The summed E-state index contributed by atoms with van der Waals surface area (Å²) in [4.78, 5) is 21.4. The van der Waals surface area contributed by atoms with Gasteiger partial charge in [0.1, 0.15) is 5.82 Å². The van der Waals surface area contributed by atoms with Gasteiger partial charge in [-0.1, -0.05) is 17.2 Å². The lowest BCUT2D eigenvalue weighted by Gasteiger charge is -2.33. The normalized spacial score (nSPS) is 14.6. The van der Waals surface area contributed by atoms with Gasteiger partial charge in [0.15, 0.2) is 0 Å². The number of aryl methyl sites for hydroxylation is 1. The van der Waals surface area contributed by atoms with Gasteiger partial charge in [0, 0.05) is 31.9 Å². The summed E-state index contributed by atoms with van der Waals surface area (Å²) in [6.07, 6.45) is 1.63. The molecule has 0 atom stereocenters. The zero-order chi connectivity index (χ0) is 20.2. The molecule has 2 N–H and O–H groups in total. The van der Waals surface area contributed by atoms with Crippen molar-refractivity contribution in [3.63, 3.8) is 0 Å². The van der Waals surface area contributed by atoms with Crippen LogP contribution in [0.4, 0.5) is 23.2 Å². The van der Waals surface area contributed by atoms with Gasteiger partial charge in [-0.25, -0.2) is 4.98 Å². The molecule has 0 radical (unpaired) electrons. The molecule has 1 fully saturated rings. The van der Waals surface area contributed by atoms with Crippen LogP contribution in [0.5, 0.6) is 0 Å². The summed E-state index contributed by atoms with van der Waals surface area (Å²) in [5.74, 6) is 0.297. The zero-order valence-corrected chi connectivity index (χ0v) is 16.4. The van der Waals surface area contributed by atoms with Gasteiger partial charge >= 0.3 is 17.8 Å². The van der Waals surface area contributed by atoms with Gasteiger partial charge in [0.2, 0.25) is 0 Å². The third kappa shape index (κ3) is 4.69. The van der Waals surface area contributed by atoms with Crippen molar-refractivity contribution in [2.75, 3.05) is 48.8 Å². The fourth-order valence-electron chi connectivity index (χ4n) is 3.08. The summed E-state index contributed by atoms with van der Waals surface area (Å²) >= 11 is 0. The molecule has 1 saturated heterocycles. The number of pyridine rings is 1. The molecular formula is C20H23N7O2. The van der Waals surface area contributed by atoms with Gasteiger partial charge in [0.25, 0.3) is 0 Å². The maximum Gasteiger partial charge on any atom is 0.320 e. The molecule has 4 rings (SSSR count). The molecule has 3 aromatic rings. The predicted octanol–water partition coefficient (Wildman–Crippen LogP) is 2.52. The highest BCUT2D eigenvalue weighted by atomic mass is 16.4. The summed E-state index contributed by atoms with van der Waals surface area (Å²) in [7, 11) is 2.11. The summed E-state index contributed by atoms with van der Waals surface area (Å²) in [6.45, 7) is 5.88. The van der Waals surface area contributed by atoms with E-state index in [0.29, 0.717) is 5.69 Å². The highest BCUT2D eigenvalue weighted by molar-refractivity contribution is 6.00. The monoisotopic (exact) mass is 393 g/mol. The van der Waals surface area contributed by atoms with Gasteiger partial charge in [0.05, 0.1) is 11.9 Å². The molecule has 150 valence electrons. The Kier molecular flexibility index (Phi) is 5.39. The Hall–Kier alpha value is -3.46. The van der Waals surface area contributed by atoms with Crippen molar-refractivity contribution in [2.24, 2.45) is 0 Å². The average Bonchev–Trinajstić information content (AvgIpc) is 3.18. The third-order valence-corrected chi connectivity index (χ3v) is 4.72. The number of benzene rings is 1. The van der Waals surface area contributed by atoms with Crippen molar-refractivity contribution < 1.29 is 9.21 Å². The molecule has 1 amide bonds. The largest absolute Gasteiger partial charge is 0.399 e. The summed E-state index contributed by atoms with van der Waals surface area (Å²) in [5, 5.41) is 13.4. The van der Waals surface area contributed by atoms with Crippen LogP contribution < -0.4 is 15.5 Å². The Bertz CT molecular complexity index is 979. The van der Waals surface area contributed by atoms with Crippen LogP contribution in [0.15, 0.2) is 47.0 Å². The number of anilines is 4. The molecule has 0 spiro atoms. The number of hydrogen-bond donors (Lipinski definition) is 2. The molecule has 29 heavy (non-hydrogen) atoms. The number of amides is 1. The van der Waals surface area contributed by atoms with Gasteiger partial charge in [-0.3, -0.25) is 4.79 Å². The van der Waals surface area contributed by atoms with E-state index in [2.05, 4.69) is 42.7 Å². The SMILES string of the molecule is Cc1cccc(Nc2nnc(C(=O)Nc3ccc(N4CCN(C)CC4)nc3)o2)c1. The maximum absolute atomic E-state index is 12.4. The second-order valence-electron chi connectivity index (χ2n) is 7.06. The molecule has 9 heteroatoms. The Labute approximate surface area is 168 Å². The van der Waals surface area contributed by atoms with Crippen LogP contribution in [-0.4, -0.2) is 59.2 Å². The Morgan fingerprint density at radius 3 is 2.62 bits per heavy atom. The van der Waals surface area contributed by atoms with Crippen molar-refractivity contribution in [1.82, 2.24) is 20.1 Å². The lowest BCUT2D eigenvalue weighted by molar-refractivity contribution is 0.0991. The number of carbonyl (C=O) groups excluding carboxylic acids is 1. The quantitative estimate of drug-likeness (QED) is 0.682. The number of piperazine rings is 1. The fraction of sp³-hybridized carbons (Fsp3) is 0.300. The summed E-state index contributed by atoms with van der Waals surface area (Å²) in [5.41, 5.74) is 2.48. The van der Waals surface area contributed by atoms with Crippen molar-refractivity contribution >= 4 is 29.1 Å². The summed E-state index contributed by atoms with van der Waals surface area (Å²) < 4.78 is 5.41. The number of likely N-dealkylation sites (N-methyl/N-ethyl adjacent to an activating group) is 1. The van der Waals surface area contributed by atoms with E-state index in [1.165, 1.54) is 0 Å². The molecule has 9 nitrogen and oxygen atoms in total. The van der Waals surface area contributed by atoms with Crippen LogP contribution in [0.25, 0.3) is 0 Å². The highest BCUT2D eigenvalue weighted by Crippen LogP contribution is 2.18. The minimum absolute atomic E-state index is 0.122. The van der Waals surface area contributed by atoms with Crippen molar-refractivity contribution in [1.29, 1.82) is 0 Å². The average molecular weight is 393 g/mol. The minimum atomic E-state index is -0.482. The lowest BCUT2D eigenvalue weighted by atomic mass is 10.2. The number of nitrogens with zero attached hydrogens (tertiary/aromatic N) is 5. The lowest BCUT2D eigenvalue weighted by Crippen LogP contribution is -2.44. The van der Waals surface area contributed by atoms with E-state index in [9.17, 15) is 4.79 Å². The second-order valence-corrected chi connectivity index (χ2v) is 7.06. The predicted molar refractivity (Wildman–Crippen MR) is 111 cm³/mol. The molecule has 1 aliphatic heterocycles. The van der Waals surface area contributed by atoms with Crippen LogP contribution in [0, 0.1) is 6.92 Å². The first-order chi connectivity index (χ1) is 14.1. The molecule has 3 heterocycles. The highest BCUT2D eigenvalue weighted by Gasteiger charge is 2.17. The Morgan fingerprint density at radius 1 is 1.07 bits per heavy atom. The number of nitrogens with one attached hydrogen (secondary N) is 2. The minimum Gasteiger partial charge on any atom is -0.399 e. The summed E-state index contributed by atoms with van der Waals surface area (Å²) in [6, 6.07) is 11.6. The first-order valence-electron chi connectivity index (χ1n) is 9.45. The van der Waals surface area contributed by atoms with Crippen molar-refractivity contribution in [3.8, 4) is 0 Å². The van der Waals surface area contributed by atoms with E-state index < -0.39 is 5.91 Å². The molecule has 1 aliphatic rings. The van der Waals surface area contributed by atoms with Crippen LogP contribution in [0.1, 0.15) is 16.2 Å². The molecule has 0 unspecified atom stereocenters. The van der Waals surface area contributed by atoms with Crippen molar-refractivity contribution in [3.05, 3.63) is 54.0 Å². The molecule has 0 aliphatic carbocycles. The van der Waals surface area contributed by atoms with Gasteiger partial charge in [-0.2, -0.15) is 0 Å². The van der Waals surface area contributed by atoms with Crippen LogP contribution in [0.3, 0.4) is 0 Å². The van der Waals surface area contributed by atoms with E-state index in [1.54, 1.807) is 6.20 Å². The van der Waals surface area contributed by atoms with E-state index >= 15 is 0 Å². The smallest absolute Gasteiger partial charge is 0.320 e. The Balaban J connectivity index is 1.36.